The van der Waals surface area contributed by atoms with E-state index in [-0.39, 0.29) is 57.3 Å². The third-order valence-electron chi connectivity index (χ3n) is 2.16. The number of hydrogen-bond donors (Lipinski definition) is 2. The fourth-order valence-electron chi connectivity index (χ4n) is 1.40. The van der Waals surface area contributed by atoms with Gasteiger partial charge in [-0.1, -0.05) is 24.6 Å². The molecule has 0 aliphatic rings. The van der Waals surface area contributed by atoms with Gasteiger partial charge in [0.2, 0.25) is 0 Å². The van der Waals surface area contributed by atoms with Gasteiger partial charge < -0.3 is 9.87 Å². The van der Waals surface area contributed by atoms with Crippen LogP contribution in [-0.2, 0) is 10.3 Å². The van der Waals surface area contributed by atoms with Gasteiger partial charge in [-0.2, -0.15) is 0 Å². The Labute approximate surface area is 162 Å². The fraction of sp³-hybridized carbons (Fsp3) is 0.417. The van der Waals surface area contributed by atoms with Crippen molar-refractivity contribution >= 4 is 16.2 Å². The number of carbonyl (C=O) groups is 1. The van der Waals surface area contributed by atoms with Crippen LogP contribution in [0.3, 0.4) is 0 Å². The van der Waals surface area contributed by atoms with E-state index in [1.54, 1.807) is 0 Å². The van der Waals surface area contributed by atoms with Gasteiger partial charge in [0.25, 0.3) is 5.91 Å². The van der Waals surface area contributed by atoms with Crippen LogP contribution >= 0.6 is 0 Å². The number of nitrogens with two attached hydrogens (primary N) is 1. The van der Waals surface area contributed by atoms with Gasteiger partial charge in [0.05, 0.1) is 0 Å². The van der Waals surface area contributed by atoms with Crippen molar-refractivity contribution in [1.29, 1.82) is 0 Å². The van der Waals surface area contributed by atoms with Crippen LogP contribution in [-0.4, -0.2) is 25.4 Å². The molecular formula is C12H19KN2O4S. The largest absolute Gasteiger partial charge is 1.00 e. The Balaban J connectivity index is 0. The first-order valence-corrected chi connectivity index (χ1v) is 7.21. The normalized spacial score (nSPS) is 9.85. The summed E-state index contributed by atoms with van der Waals surface area (Å²) in [5.41, 5.74) is 3.01. The topological polar surface area (TPSA) is 112 Å². The van der Waals surface area contributed by atoms with Gasteiger partial charge in [0.15, 0.2) is 10.3 Å². The molecule has 0 fully saturated rings. The van der Waals surface area contributed by atoms with Crippen LogP contribution in [0.4, 0.5) is 0 Å². The van der Waals surface area contributed by atoms with Gasteiger partial charge in [-0.25, -0.2) is 13.6 Å². The summed E-state index contributed by atoms with van der Waals surface area (Å²) < 4.78 is 26.6. The summed E-state index contributed by atoms with van der Waals surface area (Å²) in [4.78, 5) is 11.6. The average molecular weight is 326 g/mol. The van der Waals surface area contributed by atoms with Crippen molar-refractivity contribution in [3.63, 3.8) is 0 Å². The van der Waals surface area contributed by atoms with Crippen molar-refractivity contribution in [2.24, 2.45) is 5.14 Å². The summed E-state index contributed by atoms with van der Waals surface area (Å²) in [5.74, 6) is 0.0318. The van der Waals surface area contributed by atoms with Crippen LogP contribution in [0.25, 0.3) is 0 Å². The van der Waals surface area contributed by atoms with E-state index in [1.807, 2.05) is 39.0 Å². The van der Waals surface area contributed by atoms with Crippen LogP contribution in [0.1, 0.15) is 34.8 Å². The molecule has 0 heterocycles. The Morgan fingerprint density at radius 3 is 2.25 bits per heavy atom. The molecule has 8 heteroatoms. The maximum Gasteiger partial charge on any atom is 1.00 e. The van der Waals surface area contributed by atoms with Crippen molar-refractivity contribution in [2.75, 3.05) is 6.54 Å². The maximum atomic E-state index is 11.6. The van der Waals surface area contributed by atoms with Crippen LogP contribution in [0.2, 0.25) is 0 Å². The monoisotopic (exact) mass is 326 g/mol. The number of nitrogens with one attached hydrogen (secondary N) is 1. The first kappa shape index (κ1) is 22.5. The van der Waals surface area contributed by atoms with Crippen molar-refractivity contribution in [3.8, 4) is 0 Å². The smallest absolute Gasteiger partial charge is 0.736 e. The third kappa shape index (κ3) is 12.0. The predicted octanol–water partition coefficient (Wildman–Crippen LogP) is -2.15. The first-order chi connectivity index (χ1) is 8.65. The molecule has 6 nitrogen and oxygen atoms in total. The molecule has 0 unspecified atom stereocenters. The van der Waals surface area contributed by atoms with E-state index in [0.717, 1.165) is 24.1 Å². The summed E-state index contributed by atoms with van der Waals surface area (Å²) >= 11 is 0. The summed E-state index contributed by atoms with van der Waals surface area (Å²) in [6.45, 7) is 6.78. The molecule has 0 atom stereocenters. The minimum absolute atomic E-state index is 0. The van der Waals surface area contributed by atoms with Crippen molar-refractivity contribution in [3.05, 3.63) is 34.9 Å². The van der Waals surface area contributed by atoms with E-state index in [4.69, 9.17) is 13.0 Å². The molecule has 0 saturated heterocycles. The molecule has 0 aliphatic carbocycles. The number of rotatable bonds is 3. The second kappa shape index (κ2) is 10.9. The molecule has 20 heavy (non-hydrogen) atoms. The predicted molar refractivity (Wildman–Crippen MR) is 72.4 cm³/mol. The summed E-state index contributed by atoms with van der Waals surface area (Å²) in [6.07, 6.45) is 0.969. The zero-order chi connectivity index (χ0) is 15.1. The van der Waals surface area contributed by atoms with E-state index in [1.165, 1.54) is 5.56 Å². The average Bonchev–Trinajstić information content (AvgIpc) is 2.23. The van der Waals surface area contributed by atoms with Crippen molar-refractivity contribution < 1.29 is 69.1 Å². The number of hydrogen-bond acceptors (Lipinski definition) is 4. The molecule has 1 rings (SSSR count). The minimum Gasteiger partial charge on any atom is -0.736 e. The Morgan fingerprint density at radius 2 is 1.85 bits per heavy atom. The van der Waals surface area contributed by atoms with Gasteiger partial charge in [0.1, 0.15) is 0 Å². The SMILES string of the molecule is CCCNC(=O)c1ccc(C)cc1C.NS(=O)(=O)[O-].[K+]. The second-order valence-electron chi connectivity index (χ2n) is 4.07. The van der Waals surface area contributed by atoms with Gasteiger partial charge in [0, 0.05) is 12.1 Å². The summed E-state index contributed by atoms with van der Waals surface area (Å²) in [6, 6.07) is 5.88. The van der Waals surface area contributed by atoms with Crippen molar-refractivity contribution in [2.45, 2.75) is 27.2 Å². The molecule has 0 aliphatic heterocycles. The van der Waals surface area contributed by atoms with Crippen LogP contribution in [0.5, 0.6) is 0 Å². The second-order valence-corrected chi connectivity index (χ2v) is 5.05. The molecule has 0 spiro atoms. The number of amides is 1. The molecular weight excluding hydrogens is 307 g/mol. The van der Waals surface area contributed by atoms with E-state index < -0.39 is 10.3 Å². The number of carbonyl (C=O) groups excluding carboxylic acids is 1. The molecule has 1 amide bonds. The van der Waals surface area contributed by atoms with Crippen molar-refractivity contribution in [1.82, 2.24) is 5.32 Å². The first-order valence-electron chi connectivity index (χ1n) is 5.74. The van der Waals surface area contributed by atoms with Gasteiger partial charge in [-0.05, 0) is 31.9 Å². The Kier molecular flexibility index (Phi) is 12.2. The zero-order valence-electron chi connectivity index (χ0n) is 12.3. The molecule has 108 valence electrons. The molecule has 0 bridgehead atoms. The molecule has 1 aromatic rings. The Morgan fingerprint density at radius 1 is 1.35 bits per heavy atom. The molecule has 3 N–H and O–H groups in total. The Bertz CT molecular complexity index is 524. The summed E-state index contributed by atoms with van der Waals surface area (Å²) in [7, 11) is -4.42. The van der Waals surface area contributed by atoms with E-state index in [2.05, 4.69) is 10.5 Å². The van der Waals surface area contributed by atoms with E-state index in [9.17, 15) is 4.79 Å². The molecule has 0 aromatic heterocycles. The van der Waals surface area contributed by atoms with Gasteiger partial charge in [-0.3, -0.25) is 4.79 Å². The quantitative estimate of drug-likeness (QED) is 0.487. The minimum atomic E-state index is -4.42. The number of aryl methyl sites for hydroxylation is 2. The third-order valence-corrected chi connectivity index (χ3v) is 2.16. The van der Waals surface area contributed by atoms with Crippen LogP contribution in [0, 0.1) is 13.8 Å². The van der Waals surface area contributed by atoms with Gasteiger partial charge in [-0.15, -0.1) is 0 Å². The van der Waals surface area contributed by atoms with Gasteiger partial charge >= 0.3 is 51.4 Å². The summed E-state index contributed by atoms with van der Waals surface area (Å²) in [5, 5.41) is 6.64. The molecule has 0 radical (unpaired) electrons. The Hall–Kier alpha value is 0.196. The standard InChI is InChI=1S/C12H17NO.K.H3NO3S/c1-4-7-13-12(14)11-6-5-9(2)8-10(11)3;;1-5(2,3)4/h5-6,8H,4,7H2,1-3H3,(H,13,14);;(H3,1,2,3,4)/q;+1;/p-1. The van der Waals surface area contributed by atoms with E-state index in [0.29, 0.717) is 0 Å². The van der Waals surface area contributed by atoms with Crippen LogP contribution < -0.4 is 61.8 Å². The molecule has 1 aromatic carbocycles. The van der Waals surface area contributed by atoms with E-state index >= 15 is 0 Å². The molecule has 0 saturated carbocycles. The number of benzene rings is 1. The van der Waals surface area contributed by atoms with Crippen LogP contribution in [0.15, 0.2) is 18.2 Å². The fourth-order valence-corrected chi connectivity index (χ4v) is 1.40. The zero-order valence-corrected chi connectivity index (χ0v) is 16.2. The maximum absolute atomic E-state index is 11.6.